The van der Waals surface area contributed by atoms with Crippen molar-refractivity contribution in [2.45, 2.75) is 44.6 Å². The summed E-state index contributed by atoms with van der Waals surface area (Å²) < 4.78 is 6.47. The Morgan fingerprint density at radius 2 is 1.91 bits per heavy atom. The average Bonchev–Trinajstić information content (AvgIpc) is 3.63. The Hall–Kier alpha value is -3.04. The smallest absolute Gasteiger partial charge is 0.412 e. The van der Waals surface area contributed by atoms with E-state index < -0.39 is 6.09 Å². The van der Waals surface area contributed by atoms with Gasteiger partial charge >= 0.3 is 6.09 Å². The first-order chi connectivity index (χ1) is 16.6. The van der Waals surface area contributed by atoms with E-state index in [1.54, 1.807) is 4.90 Å². The largest absolute Gasteiger partial charge is 0.465 e. The summed E-state index contributed by atoms with van der Waals surface area (Å²) in [6, 6.07) is 7.86. The zero-order valence-electron chi connectivity index (χ0n) is 18.7. The van der Waals surface area contributed by atoms with Crippen LogP contribution in [0.2, 0.25) is 0 Å². The summed E-state index contributed by atoms with van der Waals surface area (Å²) in [5, 5.41) is 13.7. The van der Waals surface area contributed by atoms with Gasteiger partial charge in [-0.05, 0) is 68.2 Å². The summed E-state index contributed by atoms with van der Waals surface area (Å²) in [6.45, 7) is 1.38. The second-order valence-corrected chi connectivity index (χ2v) is 10.4. The number of hydrogen-bond donors (Lipinski definition) is 2. The van der Waals surface area contributed by atoms with Crippen LogP contribution in [0.5, 0.6) is 0 Å². The number of carbonyl (C=O) groups is 2. The van der Waals surface area contributed by atoms with Gasteiger partial charge in [-0.15, -0.1) is 0 Å². The van der Waals surface area contributed by atoms with E-state index in [1.807, 2.05) is 30.5 Å². The van der Waals surface area contributed by atoms with Crippen LogP contribution in [-0.2, 0) is 16.0 Å². The molecule has 2 amide bonds. The summed E-state index contributed by atoms with van der Waals surface area (Å²) in [6.07, 6.45) is 6.15. The van der Waals surface area contributed by atoms with Crippen molar-refractivity contribution in [2.75, 3.05) is 23.4 Å². The van der Waals surface area contributed by atoms with Crippen LogP contribution in [0.1, 0.15) is 37.8 Å². The molecule has 0 radical (unpaired) electrons. The number of carboxylic acid groups (broad SMARTS) is 1. The molecule has 34 heavy (non-hydrogen) atoms. The molecule has 1 saturated heterocycles. The van der Waals surface area contributed by atoms with Crippen molar-refractivity contribution in [1.29, 1.82) is 0 Å². The Kier molecular flexibility index (Phi) is 5.45. The molecule has 3 aromatic rings. The van der Waals surface area contributed by atoms with Crippen molar-refractivity contribution in [1.82, 2.24) is 9.97 Å². The SMILES string of the molecule is O=C(Nc1nc2ccc(-c3cnc4c(c3)N(C(=O)O)C(C3CCOCC3)CC4)cc2s1)C1CC1. The number of amides is 2. The van der Waals surface area contributed by atoms with Gasteiger partial charge in [-0.25, -0.2) is 9.78 Å². The van der Waals surface area contributed by atoms with E-state index in [0.717, 1.165) is 65.6 Å². The highest BCUT2D eigenvalue weighted by Crippen LogP contribution is 2.39. The number of fused-ring (bicyclic) bond motifs is 2. The molecule has 176 valence electrons. The highest BCUT2D eigenvalue weighted by atomic mass is 32.1. The van der Waals surface area contributed by atoms with Crippen LogP contribution in [0.4, 0.5) is 15.6 Å². The third-order valence-corrected chi connectivity index (χ3v) is 8.07. The fraction of sp³-hybridized carbons (Fsp3) is 0.440. The molecule has 2 N–H and O–H groups in total. The summed E-state index contributed by atoms with van der Waals surface area (Å²) >= 11 is 1.45. The van der Waals surface area contributed by atoms with E-state index in [0.29, 0.717) is 30.0 Å². The first-order valence-corrected chi connectivity index (χ1v) is 12.7. The van der Waals surface area contributed by atoms with Gasteiger partial charge in [0.05, 0.1) is 21.6 Å². The van der Waals surface area contributed by atoms with Crippen molar-refractivity contribution in [3.8, 4) is 11.1 Å². The molecule has 1 unspecified atom stereocenters. The highest BCUT2D eigenvalue weighted by Gasteiger charge is 2.37. The van der Waals surface area contributed by atoms with E-state index >= 15 is 0 Å². The van der Waals surface area contributed by atoms with Gasteiger partial charge in [0.25, 0.3) is 0 Å². The lowest BCUT2D eigenvalue weighted by atomic mass is 9.84. The number of nitrogens with zero attached hydrogens (tertiary/aromatic N) is 3. The van der Waals surface area contributed by atoms with Crippen LogP contribution in [0.15, 0.2) is 30.5 Å². The summed E-state index contributed by atoms with van der Waals surface area (Å²) in [7, 11) is 0. The Morgan fingerprint density at radius 3 is 2.68 bits per heavy atom. The molecule has 2 aromatic heterocycles. The van der Waals surface area contributed by atoms with E-state index in [-0.39, 0.29) is 17.9 Å². The van der Waals surface area contributed by atoms with Gasteiger partial charge < -0.3 is 15.2 Å². The lowest BCUT2D eigenvalue weighted by molar-refractivity contribution is -0.117. The molecular weight excluding hydrogens is 452 g/mol. The summed E-state index contributed by atoms with van der Waals surface area (Å²) in [4.78, 5) is 35.2. The predicted molar refractivity (Wildman–Crippen MR) is 130 cm³/mol. The normalized spacial score (nSPS) is 20.8. The van der Waals surface area contributed by atoms with Crippen molar-refractivity contribution < 1.29 is 19.4 Å². The third-order valence-electron chi connectivity index (χ3n) is 7.13. The standard InChI is InChI=1S/C25H26N4O4S/c30-23(15-1-2-15)28-24-27-19-4-3-16(12-22(19)34-24)17-11-21-18(26-13-17)5-6-20(29(21)25(31)32)14-7-9-33-10-8-14/h3-4,11-15,20H,1-2,5-10H2,(H,31,32)(H,27,28,30). The molecule has 1 aliphatic carbocycles. The monoisotopic (exact) mass is 478 g/mol. The number of aromatic nitrogens is 2. The van der Waals surface area contributed by atoms with Crippen molar-refractivity contribution in [3.63, 3.8) is 0 Å². The third kappa shape index (κ3) is 4.03. The van der Waals surface area contributed by atoms with Gasteiger partial charge in [0.2, 0.25) is 5.91 Å². The molecule has 2 aliphatic heterocycles. The fourth-order valence-electron chi connectivity index (χ4n) is 5.14. The molecule has 6 rings (SSSR count). The molecule has 2 fully saturated rings. The number of nitrogens with one attached hydrogen (secondary N) is 1. The highest BCUT2D eigenvalue weighted by molar-refractivity contribution is 7.22. The molecular formula is C25H26N4O4S. The average molecular weight is 479 g/mol. The van der Waals surface area contributed by atoms with Gasteiger partial charge in [-0.1, -0.05) is 17.4 Å². The van der Waals surface area contributed by atoms with E-state index in [4.69, 9.17) is 4.74 Å². The number of thiazole rings is 1. The van der Waals surface area contributed by atoms with Crippen molar-refractivity contribution >= 4 is 44.4 Å². The molecule has 1 aromatic carbocycles. The van der Waals surface area contributed by atoms with E-state index in [9.17, 15) is 14.7 Å². The molecule has 0 spiro atoms. The number of aryl methyl sites for hydroxylation is 1. The van der Waals surface area contributed by atoms with Crippen LogP contribution >= 0.6 is 11.3 Å². The number of ether oxygens (including phenoxy) is 1. The number of benzene rings is 1. The summed E-state index contributed by atoms with van der Waals surface area (Å²) in [5.41, 5.74) is 4.17. The zero-order valence-corrected chi connectivity index (χ0v) is 19.5. The minimum atomic E-state index is -0.926. The molecule has 8 nitrogen and oxygen atoms in total. The van der Waals surface area contributed by atoms with E-state index in [1.165, 1.54) is 11.3 Å². The van der Waals surface area contributed by atoms with Crippen LogP contribution in [0, 0.1) is 11.8 Å². The molecule has 1 saturated carbocycles. The topological polar surface area (TPSA) is 105 Å². The maximum Gasteiger partial charge on any atom is 0.412 e. The van der Waals surface area contributed by atoms with Gasteiger partial charge in [-0.3, -0.25) is 14.7 Å². The van der Waals surface area contributed by atoms with Gasteiger partial charge in [-0.2, -0.15) is 0 Å². The molecule has 4 heterocycles. The van der Waals surface area contributed by atoms with Crippen molar-refractivity contribution in [3.05, 3.63) is 36.2 Å². The Balaban J connectivity index is 1.31. The second kappa shape index (κ2) is 8.63. The maximum absolute atomic E-state index is 12.4. The molecule has 0 bridgehead atoms. The number of pyridine rings is 1. The first kappa shape index (κ1) is 21.5. The Bertz CT molecular complexity index is 1270. The lowest BCUT2D eigenvalue weighted by Crippen LogP contribution is -2.48. The number of anilines is 2. The molecule has 1 atom stereocenters. The van der Waals surface area contributed by atoms with Crippen LogP contribution in [-0.4, -0.2) is 46.3 Å². The van der Waals surface area contributed by atoms with Gasteiger partial charge in [0.15, 0.2) is 5.13 Å². The Morgan fingerprint density at radius 1 is 1.09 bits per heavy atom. The van der Waals surface area contributed by atoms with Crippen LogP contribution < -0.4 is 10.2 Å². The van der Waals surface area contributed by atoms with Crippen molar-refractivity contribution in [2.24, 2.45) is 11.8 Å². The minimum Gasteiger partial charge on any atom is -0.465 e. The fourth-order valence-corrected chi connectivity index (χ4v) is 6.04. The minimum absolute atomic E-state index is 0.0472. The Labute approximate surface area is 201 Å². The predicted octanol–water partition coefficient (Wildman–Crippen LogP) is 4.93. The van der Waals surface area contributed by atoms with Crippen LogP contribution in [0.3, 0.4) is 0 Å². The number of hydrogen-bond acceptors (Lipinski definition) is 6. The first-order valence-electron chi connectivity index (χ1n) is 11.9. The number of carbonyl (C=O) groups excluding carboxylic acids is 1. The molecule has 9 heteroatoms. The van der Waals surface area contributed by atoms with Gasteiger partial charge in [0.1, 0.15) is 0 Å². The van der Waals surface area contributed by atoms with E-state index in [2.05, 4.69) is 15.3 Å². The zero-order chi connectivity index (χ0) is 23.2. The number of rotatable bonds is 4. The quantitative estimate of drug-likeness (QED) is 0.551. The molecule has 3 aliphatic rings. The van der Waals surface area contributed by atoms with Gasteiger partial charge in [0, 0.05) is 36.9 Å². The second-order valence-electron chi connectivity index (χ2n) is 9.36. The lowest BCUT2D eigenvalue weighted by Gasteiger charge is -2.40. The van der Waals surface area contributed by atoms with Crippen LogP contribution in [0.25, 0.3) is 21.3 Å². The maximum atomic E-state index is 12.4. The summed E-state index contributed by atoms with van der Waals surface area (Å²) in [5.74, 6) is 0.483.